The van der Waals surface area contributed by atoms with Gasteiger partial charge in [0.05, 0.1) is 25.3 Å². The van der Waals surface area contributed by atoms with Crippen LogP contribution in [-0.4, -0.2) is 48.6 Å². The summed E-state index contributed by atoms with van der Waals surface area (Å²) < 4.78 is 38.5. The largest absolute Gasteiger partial charge is 0.395 e. The average molecular weight is 300 g/mol. The van der Waals surface area contributed by atoms with Gasteiger partial charge in [-0.05, 0) is 18.2 Å². The number of carbonyl (C=O) groups is 1. The Morgan fingerprint density at radius 3 is 2.67 bits per heavy atom. The molecule has 0 unspecified atom stereocenters. The van der Waals surface area contributed by atoms with E-state index < -0.39 is 31.3 Å². The van der Waals surface area contributed by atoms with Gasteiger partial charge in [0.2, 0.25) is 0 Å². The molecule has 0 radical (unpaired) electrons. The maximum absolute atomic E-state index is 13.7. The molecular formula is C14H15F3N2O2. The van der Waals surface area contributed by atoms with Crippen molar-refractivity contribution in [2.45, 2.75) is 6.43 Å². The predicted octanol–water partition coefficient (Wildman–Crippen LogP) is 0.836. The van der Waals surface area contributed by atoms with Crippen molar-refractivity contribution >= 4 is 5.91 Å². The predicted molar refractivity (Wildman–Crippen MR) is 71.3 cm³/mol. The van der Waals surface area contributed by atoms with Crippen LogP contribution in [0.25, 0.3) is 0 Å². The van der Waals surface area contributed by atoms with Gasteiger partial charge in [0.25, 0.3) is 12.3 Å². The number of hydrogen-bond donors (Lipinski definition) is 2. The minimum atomic E-state index is -2.74. The maximum Gasteiger partial charge on any atom is 0.255 e. The number of nitrogens with zero attached hydrogens (tertiary/aromatic N) is 1. The quantitative estimate of drug-likeness (QED) is 0.792. The van der Waals surface area contributed by atoms with E-state index in [-0.39, 0.29) is 24.2 Å². The van der Waals surface area contributed by atoms with E-state index in [0.29, 0.717) is 0 Å². The number of aliphatic hydroxyl groups is 1. The first-order valence-corrected chi connectivity index (χ1v) is 6.16. The van der Waals surface area contributed by atoms with Crippen LogP contribution in [0.3, 0.4) is 0 Å². The highest BCUT2D eigenvalue weighted by Crippen LogP contribution is 2.13. The number of aliphatic hydroxyl groups excluding tert-OH is 1. The first-order valence-electron chi connectivity index (χ1n) is 6.16. The van der Waals surface area contributed by atoms with Crippen molar-refractivity contribution in [3.8, 4) is 11.8 Å². The molecule has 114 valence electrons. The molecule has 0 aliphatic carbocycles. The monoisotopic (exact) mass is 300 g/mol. The number of amides is 1. The fourth-order valence-electron chi connectivity index (χ4n) is 1.64. The Morgan fingerprint density at radius 1 is 1.43 bits per heavy atom. The highest BCUT2D eigenvalue weighted by atomic mass is 19.3. The Hall–Kier alpha value is -2.04. The first kappa shape index (κ1) is 17.0. The van der Waals surface area contributed by atoms with Crippen LogP contribution in [-0.2, 0) is 0 Å². The maximum atomic E-state index is 13.7. The summed E-state index contributed by atoms with van der Waals surface area (Å²) in [5, 5.41) is 8.80. The second-order valence-electron chi connectivity index (χ2n) is 4.07. The van der Waals surface area contributed by atoms with Gasteiger partial charge >= 0.3 is 0 Å². The normalized spacial score (nSPS) is 10.2. The fourth-order valence-corrected chi connectivity index (χ4v) is 1.64. The zero-order valence-corrected chi connectivity index (χ0v) is 11.2. The Balaban J connectivity index is 2.97. The molecule has 1 aromatic carbocycles. The molecule has 0 aromatic heterocycles. The van der Waals surface area contributed by atoms with Crippen LogP contribution in [0.15, 0.2) is 18.2 Å². The van der Waals surface area contributed by atoms with Crippen molar-refractivity contribution in [3.05, 3.63) is 35.1 Å². The Kier molecular flexibility index (Phi) is 6.72. The van der Waals surface area contributed by atoms with Crippen LogP contribution >= 0.6 is 0 Å². The smallest absolute Gasteiger partial charge is 0.255 e. The van der Waals surface area contributed by atoms with Gasteiger partial charge in [-0.15, -0.1) is 0 Å². The van der Waals surface area contributed by atoms with E-state index in [9.17, 15) is 18.0 Å². The third kappa shape index (κ3) is 5.10. The summed E-state index contributed by atoms with van der Waals surface area (Å²) in [6, 6.07) is 3.51. The molecule has 0 spiro atoms. The van der Waals surface area contributed by atoms with Gasteiger partial charge < -0.3 is 15.7 Å². The van der Waals surface area contributed by atoms with E-state index in [1.807, 2.05) is 0 Å². The lowest BCUT2D eigenvalue weighted by molar-refractivity contribution is 0.0509. The van der Waals surface area contributed by atoms with Gasteiger partial charge in [0.1, 0.15) is 5.82 Å². The second kappa shape index (κ2) is 8.29. The van der Waals surface area contributed by atoms with Crippen molar-refractivity contribution in [3.63, 3.8) is 0 Å². The number of alkyl halides is 2. The number of carbonyl (C=O) groups excluding carboxylic acids is 1. The molecule has 0 heterocycles. The molecule has 0 atom stereocenters. The molecule has 1 amide bonds. The molecule has 21 heavy (non-hydrogen) atoms. The minimum absolute atomic E-state index is 0.0682. The summed E-state index contributed by atoms with van der Waals surface area (Å²) in [5.41, 5.74) is 5.16. The number of nitrogens with two attached hydrogens (primary N) is 1. The van der Waals surface area contributed by atoms with Crippen molar-refractivity contribution < 1.29 is 23.1 Å². The standard InChI is InChI=1S/C14H15F3N2O2/c15-12-8-11(4-3-10(12)2-1-5-18)14(21)19(6-7-20)9-13(16)17/h3-4,8,13,20H,5-7,9,18H2. The molecule has 1 aromatic rings. The van der Waals surface area contributed by atoms with E-state index in [1.54, 1.807) is 0 Å². The Bertz CT molecular complexity index is 553. The van der Waals surface area contributed by atoms with Crippen LogP contribution in [0.2, 0.25) is 0 Å². The lowest BCUT2D eigenvalue weighted by atomic mass is 10.1. The van der Waals surface area contributed by atoms with E-state index in [4.69, 9.17) is 10.8 Å². The van der Waals surface area contributed by atoms with Crippen molar-refractivity contribution in [1.82, 2.24) is 4.90 Å². The SMILES string of the molecule is NCC#Cc1ccc(C(=O)N(CCO)CC(F)F)cc1F. The molecule has 7 heteroatoms. The molecule has 0 bridgehead atoms. The van der Waals surface area contributed by atoms with Crippen molar-refractivity contribution in [2.24, 2.45) is 5.73 Å². The number of hydrogen-bond acceptors (Lipinski definition) is 3. The van der Waals surface area contributed by atoms with Gasteiger partial charge in [-0.3, -0.25) is 4.79 Å². The second-order valence-corrected chi connectivity index (χ2v) is 4.07. The lowest BCUT2D eigenvalue weighted by Crippen LogP contribution is -2.37. The van der Waals surface area contributed by atoms with Gasteiger partial charge in [0.15, 0.2) is 0 Å². The van der Waals surface area contributed by atoms with Gasteiger partial charge in [0, 0.05) is 12.1 Å². The topological polar surface area (TPSA) is 66.6 Å². The van der Waals surface area contributed by atoms with Gasteiger partial charge in [-0.25, -0.2) is 13.2 Å². The highest BCUT2D eigenvalue weighted by Gasteiger charge is 2.20. The molecule has 3 N–H and O–H groups in total. The van der Waals surface area contributed by atoms with E-state index >= 15 is 0 Å². The van der Waals surface area contributed by atoms with Gasteiger partial charge in [-0.2, -0.15) is 0 Å². The fraction of sp³-hybridized carbons (Fsp3) is 0.357. The van der Waals surface area contributed by atoms with E-state index in [1.165, 1.54) is 12.1 Å². The van der Waals surface area contributed by atoms with E-state index in [2.05, 4.69) is 11.8 Å². The van der Waals surface area contributed by atoms with Crippen LogP contribution in [0.4, 0.5) is 13.2 Å². The number of rotatable bonds is 5. The average Bonchev–Trinajstić information content (AvgIpc) is 2.44. The zero-order chi connectivity index (χ0) is 15.8. The van der Waals surface area contributed by atoms with Crippen LogP contribution in [0.1, 0.15) is 15.9 Å². The third-order valence-electron chi connectivity index (χ3n) is 2.56. The summed E-state index contributed by atoms with van der Waals surface area (Å²) in [6.07, 6.45) is -2.74. The molecule has 0 saturated carbocycles. The molecular weight excluding hydrogens is 285 g/mol. The molecule has 0 saturated heterocycles. The molecule has 0 aliphatic rings. The van der Waals surface area contributed by atoms with Crippen LogP contribution in [0.5, 0.6) is 0 Å². The van der Waals surface area contributed by atoms with Crippen molar-refractivity contribution in [2.75, 3.05) is 26.2 Å². The summed E-state index contributed by atoms with van der Waals surface area (Å²) in [6.45, 7) is -1.46. The van der Waals surface area contributed by atoms with Crippen molar-refractivity contribution in [1.29, 1.82) is 0 Å². The highest BCUT2D eigenvalue weighted by molar-refractivity contribution is 5.94. The first-order chi connectivity index (χ1) is 9.99. The van der Waals surface area contributed by atoms with Crippen LogP contribution < -0.4 is 5.73 Å². The van der Waals surface area contributed by atoms with Crippen LogP contribution in [0, 0.1) is 17.7 Å². The molecule has 0 fully saturated rings. The molecule has 0 aliphatic heterocycles. The zero-order valence-electron chi connectivity index (χ0n) is 11.2. The summed E-state index contributed by atoms with van der Waals surface area (Å²) in [4.78, 5) is 12.8. The number of benzene rings is 1. The molecule has 4 nitrogen and oxygen atoms in total. The minimum Gasteiger partial charge on any atom is -0.395 e. The summed E-state index contributed by atoms with van der Waals surface area (Å²) in [5.74, 6) is 3.45. The summed E-state index contributed by atoms with van der Waals surface area (Å²) in [7, 11) is 0. The molecule has 1 rings (SSSR count). The Morgan fingerprint density at radius 2 is 2.14 bits per heavy atom. The number of halogens is 3. The summed E-state index contributed by atoms with van der Waals surface area (Å²) >= 11 is 0. The Labute approximate surface area is 120 Å². The third-order valence-corrected chi connectivity index (χ3v) is 2.56. The van der Waals surface area contributed by atoms with E-state index in [0.717, 1.165) is 11.0 Å². The van der Waals surface area contributed by atoms with Gasteiger partial charge in [-0.1, -0.05) is 11.8 Å². The lowest BCUT2D eigenvalue weighted by Gasteiger charge is -2.21.